The minimum Gasteiger partial charge on any atom is -0.304 e. The second kappa shape index (κ2) is 6.22. The van der Waals surface area contributed by atoms with E-state index < -0.39 is 11.7 Å². The average molecular weight is 295 g/mol. The van der Waals surface area contributed by atoms with Crippen LogP contribution in [0.1, 0.15) is 35.5 Å². The summed E-state index contributed by atoms with van der Waals surface area (Å²) < 4.78 is 38.2. The lowest BCUT2D eigenvalue weighted by Crippen LogP contribution is -2.25. The van der Waals surface area contributed by atoms with Gasteiger partial charge in [0, 0.05) is 12.4 Å². The highest BCUT2D eigenvalue weighted by molar-refractivity contribution is 5.37. The molecule has 3 nitrogen and oxygen atoms in total. The van der Waals surface area contributed by atoms with Gasteiger partial charge in [0.15, 0.2) is 0 Å². The first-order valence-corrected chi connectivity index (χ1v) is 6.61. The van der Waals surface area contributed by atoms with Gasteiger partial charge in [0.2, 0.25) is 0 Å². The highest BCUT2D eigenvalue weighted by Gasteiger charge is 2.31. The summed E-state index contributed by atoms with van der Waals surface area (Å²) in [6.07, 6.45) is -1.10. The lowest BCUT2D eigenvalue weighted by Gasteiger charge is -2.20. The van der Waals surface area contributed by atoms with E-state index in [1.54, 1.807) is 25.4 Å². The van der Waals surface area contributed by atoms with Gasteiger partial charge >= 0.3 is 6.18 Å². The molecule has 0 aliphatic carbocycles. The molecule has 0 saturated carbocycles. The van der Waals surface area contributed by atoms with Gasteiger partial charge in [0.1, 0.15) is 5.82 Å². The van der Waals surface area contributed by atoms with Gasteiger partial charge in [0.05, 0.1) is 11.6 Å². The highest BCUT2D eigenvalue weighted by atomic mass is 19.4. The van der Waals surface area contributed by atoms with E-state index in [1.807, 2.05) is 6.92 Å². The van der Waals surface area contributed by atoms with Crippen LogP contribution in [0.5, 0.6) is 0 Å². The summed E-state index contributed by atoms with van der Waals surface area (Å²) in [5.41, 5.74) is 0.659. The molecule has 112 valence electrons. The van der Waals surface area contributed by atoms with Crippen LogP contribution in [0.4, 0.5) is 13.2 Å². The summed E-state index contributed by atoms with van der Waals surface area (Å²) in [6, 6.07) is 5.12. The average Bonchev–Trinajstić information content (AvgIpc) is 2.45. The van der Waals surface area contributed by atoms with Gasteiger partial charge in [-0.15, -0.1) is 0 Å². The van der Waals surface area contributed by atoms with Gasteiger partial charge in [0.25, 0.3) is 0 Å². The molecule has 0 radical (unpaired) electrons. The molecule has 0 aliphatic rings. The Kier molecular flexibility index (Phi) is 4.57. The van der Waals surface area contributed by atoms with Gasteiger partial charge < -0.3 is 5.32 Å². The molecule has 2 rings (SSSR count). The van der Waals surface area contributed by atoms with Crippen molar-refractivity contribution in [1.29, 1.82) is 0 Å². The monoisotopic (exact) mass is 295 g/mol. The van der Waals surface area contributed by atoms with Gasteiger partial charge in [-0.2, -0.15) is 13.2 Å². The predicted molar refractivity (Wildman–Crippen MR) is 73.7 cm³/mol. The Balaban J connectivity index is 2.42. The molecule has 1 unspecified atom stereocenters. The van der Waals surface area contributed by atoms with Crippen LogP contribution < -0.4 is 5.32 Å². The molecule has 6 heteroatoms. The summed E-state index contributed by atoms with van der Waals surface area (Å²) in [6.45, 7) is 4.25. The van der Waals surface area contributed by atoms with Crippen molar-refractivity contribution in [3.63, 3.8) is 0 Å². The summed E-state index contributed by atoms with van der Waals surface area (Å²) >= 11 is 0. The SMILES string of the molecule is CCNC(c1ncccn1)c1ccc(C(F)(F)F)cc1C. The fourth-order valence-electron chi connectivity index (χ4n) is 2.18. The second-order valence-electron chi connectivity index (χ2n) is 4.67. The Morgan fingerprint density at radius 3 is 2.38 bits per heavy atom. The van der Waals surface area contributed by atoms with E-state index in [4.69, 9.17) is 0 Å². The van der Waals surface area contributed by atoms with Crippen molar-refractivity contribution < 1.29 is 13.2 Å². The minimum atomic E-state index is -4.33. The molecule has 1 heterocycles. The summed E-state index contributed by atoms with van der Waals surface area (Å²) in [5, 5.41) is 3.21. The zero-order valence-electron chi connectivity index (χ0n) is 11.8. The van der Waals surface area contributed by atoms with E-state index in [-0.39, 0.29) is 6.04 Å². The van der Waals surface area contributed by atoms with Gasteiger partial charge in [-0.25, -0.2) is 9.97 Å². The molecule has 0 bridgehead atoms. The maximum absolute atomic E-state index is 12.7. The van der Waals surface area contributed by atoms with Crippen LogP contribution in [0, 0.1) is 6.92 Å². The fourth-order valence-corrected chi connectivity index (χ4v) is 2.18. The standard InChI is InChI=1S/C15H16F3N3/c1-3-19-13(14-20-7-4-8-21-14)12-6-5-11(9-10(12)2)15(16,17)18/h4-9,13,19H,3H2,1-2H3. The number of aromatic nitrogens is 2. The Morgan fingerprint density at radius 1 is 1.19 bits per heavy atom. The van der Waals surface area contributed by atoms with Gasteiger partial charge in [-0.05, 0) is 42.8 Å². The molecule has 0 amide bonds. The molecule has 1 aromatic heterocycles. The van der Waals surface area contributed by atoms with Crippen LogP contribution in [-0.2, 0) is 6.18 Å². The lowest BCUT2D eigenvalue weighted by atomic mass is 9.98. The smallest absolute Gasteiger partial charge is 0.304 e. The molecular weight excluding hydrogens is 279 g/mol. The van der Waals surface area contributed by atoms with E-state index in [0.29, 0.717) is 17.9 Å². The predicted octanol–water partition coefficient (Wildman–Crippen LogP) is 3.50. The number of benzene rings is 1. The number of hydrogen-bond donors (Lipinski definition) is 1. The third-order valence-corrected chi connectivity index (χ3v) is 3.16. The van der Waals surface area contributed by atoms with Crippen molar-refractivity contribution in [3.8, 4) is 0 Å². The normalized spacial score (nSPS) is 13.2. The van der Waals surface area contributed by atoms with E-state index in [2.05, 4.69) is 15.3 Å². The van der Waals surface area contributed by atoms with Crippen molar-refractivity contribution in [2.75, 3.05) is 6.54 Å². The first kappa shape index (κ1) is 15.4. The Bertz CT molecular complexity index is 597. The maximum Gasteiger partial charge on any atom is 0.416 e. The third kappa shape index (κ3) is 3.58. The Hall–Kier alpha value is -1.95. The molecule has 1 aromatic carbocycles. The number of nitrogens with one attached hydrogen (secondary N) is 1. The lowest BCUT2D eigenvalue weighted by molar-refractivity contribution is -0.137. The van der Waals surface area contributed by atoms with Gasteiger partial charge in [-0.3, -0.25) is 0 Å². The maximum atomic E-state index is 12.7. The number of nitrogens with zero attached hydrogens (tertiary/aromatic N) is 2. The first-order chi connectivity index (χ1) is 9.93. The zero-order chi connectivity index (χ0) is 15.5. The molecule has 2 aromatic rings. The summed E-state index contributed by atoms with van der Waals surface area (Å²) in [5.74, 6) is 0.544. The molecule has 1 N–H and O–H groups in total. The van der Waals surface area contributed by atoms with Crippen molar-refractivity contribution in [2.45, 2.75) is 26.1 Å². The van der Waals surface area contributed by atoms with E-state index >= 15 is 0 Å². The number of halogens is 3. The largest absolute Gasteiger partial charge is 0.416 e. The van der Waals surface area contributed by atoms with E-state index in [0.717, 1.165) is 17.7 Å². The first-order valence-electron chi connectivity index (χ1n) is 6.61. The summed E-state index contributed by atoms with van der Waals surface area (Å²) in [7, 11) is 0. The number of hydrogen-bond acceptors (Lipinski definition) is 3. The molecule has 0 spiro atoms. The quantitative estimate of drug-likeness (QED) is 0.938. The van der Waals surface area contributed by atoms with E-state index in [1.165, 1.54) is 6.07 Å². The Labute approximate surface area is 121 Å². The highest BCUT2D eigenvalue weighted by Crippen LogP contribution is 2.32. The Morgan fingerprint density at radius 2 is 1.86 bits per heavy atom. The van der Waals surface area contributed by atoms with Crippen LogP contribution in [0.25, 0.3) is 0 Å². The molecular formula is C15H16F3N3. The minimum absolute atomic E-state index is 0.321. The summed E-state index contributed by atoms with van der Waals surface area (Å²) in [4.78, 5) is 8.38. The second-order valence-corrected chi connectivity index (χ2v) is 4.67. The van der Waals surface area contributed by atoms with Gasteiger partial charge in [-0.1, -0.05) is 13.0 Å². The zero-order valence-corrected chi connectivity index (χ0v) is 11.8. The molecule has 0 fully saturated rings. The van der Waals surface area contributed by atoms with Crippen LogP contribution in [-0.4, -0.2) is 16.5 Å². The van der Waals surface area contributed by atoms with Crippen LogP contribution in [0.3, 0.4) is 0 Å². The van der Waals surface area contributed by atoms with Crippen LogP contribution in [0.2, 0.25) is 0 Å². The van der Waals surface area contributed by atoms with Crippen molar-refractivity contribution in [1.82, 2.24) is 15.3 Å². The van der Waals surface area contributed by atoms with Crippen LogP contribution in [0.15, 0.2) is 36.7 Å². The number of aryl methyl sites for hydroxylation is 1. The van der Waals surface area contributed by atoms with Crippen molar-refractivity contribution in [2.24, 2.45) is 0 Å². The number of alkyl halides is 3. The van der Waals surface area contributed by atoms with Crippen LogP contribution >= 0.6 is 0 Å². The number of rotatable bonds is 4. The molecule has 21 heavy (non-hydrogen) atoms. The molecule has 1 atom stereocenters. The molecule has 0 aliphatic heterocycles. The topological polar surface area (TPSA) is 37.8 Å². The van der Waals surface area contributed by atoms with E-state index in [9.17, 15) is 13.2 Å². The third-order valence-electron chi connectivity index (χ3n) is 3.16. The molecule has 0 saturated heterocycles. The van der Waals surface area contributed by atoms with Crippen molar-refractivity contribution in [3.05, 3.63) is 59.2 Å². The fraction of sp³-hybridized carbons (Fsp3) is 0.333. The van der Waals surface area contributed by atoms with Crippen molar-refractivity contribution >= 4 is 0 Å².